The van der Waals surface area contributed by atoms with Gasteiger partial charge < -0.3 is 14.4 Å². The fourth-order valence-electron chi connectivity index (χ4n) is 1.83. The van der Waals surface area contributed by atoms with Crippen molar-refractivity contribution in [2.24, 2.45) is 0 Å². The Morgan fingerprint density at radius 2 is 2.17 bits per heavy atom. The van der Waals surface area contributed by atoms with Gasteiger partial charge in [-0.2, -0.15) is 0 Å². The molecule has 0 spiro atoms. The van der Waals surface area contributed by atoms with Gasteiger partial charge in [0.2, 0.25) is 0 Å². The second-order valence-corrected chi connectivity index (χ2v) is 4.20. The van der Waals surface area contributed by atoms with Gasteiger partial charge in [0.25, 0.3) is 5.56 Å². The molecule has 0 aliphatic heterocycles. The normalized spacial score (nSPS) is 10.6. The van der Waals surface area contributed by atoms with Crippen LogP contribution in [-0.2, 0) is 13.1 Å². The monoisotopic (exact) mass is 247 g/mol. The fourth-order valence-corrected chi connectivity index (χ4v) is 1.83. The zero-order valence-electron chi connectivity index (χ0n) is 10.9. The Kier molecular flexibility index (Phi) is 3.50. The predicted octanol–water partition coefficient (Wildman–Crippen LogP) is 2.09. The van der Waals surface area contributed by atoms with E-state index in [1.807, 2.05) is 27.0 Å². The van der Waals surface area contributed by atoms with Gasteiger partial charge >= 0.3 is 0 Å². The SMILES string of the molecule is CCn1cc(NCc2c(C)noc2C)ccc1=O. The van der Waals surface area contributed by atoms with Crippen molar-refractivity contribution in [3.63, 3.8) is 0 Å². The number of nitrogens with one attached hydrogen (secondary N) is 1. The van der Waals surface area contributed by atoms with Gasteiger partial charge in [-0.25, -0.2) is 0 Å². The highest BCUT2D eigenvalue weighted by Gasteiger charge is 2.08. The van der Waals surface area contributed by atoms with Crippen molar-refractivity contribution in [1.82, 2.24) is 9.72 Å². The molecule has 2 rings (SSSR count). The minimum atomic E-state index is 0.0142. The van der Waals surface area contributed by atoms with Gasteiger partial charge in [-0.15, -0.1) is 0 Å². The largest absolute Gasteiger partial charge is 0.380 e. The Labute approximate surface area is 105 Å². The molecule has 0 atom stereocenters. The second-order valence-electron chi connectivity index (χ2n) is 4.20. The van der Waals surface area contributed by atoms with Crippen molar-refractivity contribution in [2.45, 2.75) is 33.9 Å². The standard InChI is InChI=1S/C13H17N3O2/c1-4-16-8-11(5-6-13(16)17)14-7-12-9(2)15-18-10(12)3/h5-6,8,14H,4,7H2,1-3H3. The molecule has 0 aliphatic carbocycles. The van der Waals surface area contributed by atoms with Crippen molar-refractivity contribution < 1.29 is 4.52 Å². The van der Waals surface area contributed by atoms with Gasteiger partial charge in [-0.1, -0.05) is 5.16 Å². The van der Waals surface area contributed by atoms with E-state index in [2.05, 4.69) is 10.5 Å². The number of nitrogens with zero attached hydrogens (tertiary/aromatic N) is 2. The highest BCUT2D eigenvalue weighted by molar-refractivity contribution is 5.41. The predicted molar refractivity (Wildman–Crippen MR) is 69.7 cm³/mol. The molecule has 0 aliphatic rings. The van der Waals surface area contributed by atoms with E-state index in [0.29, 0.717) is 13.1 Å². The van der Waals surface area contributed by atoms with Crippen LogP contribution in [-0.4, -0.2) is 9.72 Å². The number of pyridine rings is 1. The van der Waals surface area contributed by atoms with Gasteiger partial charge in [-0.3, -0.25) is 4.79 Å². The van der Waals surface area contributed by atoms with Crippen molar-refractivity contribution in [1.29, 1.82) is 0 Å². The van der Waals surface area contributed by atoms with Crippen LogP contribution in [0.25, 0.3) is 0 Å². The van der Waals surface area contributed by atoms with E-state index in [-0.39, 0.29) is 5.56 Å². The van der Waals surface area contributed by atoms with E-state index in [9.17, 15) is 4.79 Å². The zero-order chi connectivity index (χ0) is 13.1. The van der Waals surface area contributed by atoms with E-state index in [0.717, 1.165) is 22.7 Å². The third-order valence-electron chi connectivity index (χ3n) is 2.97. The Balaban J connectivity index is 2.13. The molecular formula is C13H17N3O2. The average Bonchev–Trinajstić information content (AvgIpc) is 2.68. The number of anilines is 1. The lowest BCUT2D eigenvalue weighted by Crippen LogP contribution is -2.17. The molecule has 0 bridgehead atoms. The van der Waals surface area contributed by atoms with Crippen molar-refractivity contribution >= 4 is 5.69 Å². The molecule has 0 fully saturated rings. The fraction of sp³-hybridized carbons (Fsp3) is 0.385. The number of rotatable bonds is 4. The maximum Gasteiger partial charge on any atom is 0.250 e. The van der Waals surface area contributed by atoms with Crippen LogP contribution >= 0.6 is 0 Å². The molecule has 96 valence electrons. The smallest absolute Gasteiger partial charge is 0.250 e. The molecule has 0 saturated carbocycles. The van der Waals surface area contributed by atoms with Gasteiger partial charge in [-0.05, 0) is 26.8 Å². The van der Waals surface area contributed by atoms with Crippen LogP contribution < -0.4 is 10.9 Å². The Morgan fingerprint density at radius 3 is 2.78 bits per heavy atom. The summed E-state index contributed by atoms with van der Waals surface area (Å²) in [6.45, 7) is 7.06. The maximum atomic E-state index is 11.5. The Bertz CT molecular complexity index is 579. The molecule has 2 heterocycles. The summed E-state index contributed by atoms with van der Waals surface area (Å²) in [5.74, 6) is 0.823. The molecule has 0 amide bonds. The zero-order valence-corrected chi connectivity index (χ0v) is 10.9. The lowest BCUT2D eigenvalue weighted by Gasteiger charge is -2.08. The lowest BCUT2D eigenvalue weighted by molar-refractivity contribution is 0.392. The van der Waals surface area contributed by atoms with Gasteiger partial charge in [0.1, 0.15) is 5.76 Å². The number of aryl methyl sites for hydroxylation is 3. The Morgan fingerprint density at radius 1 is 1.39 bits per heavy atom. The highest BCUT2D eigenvalue weighted by atomic mass is 16.5. The molecule has 18 heavy (non-hydrogen) atoms. The van der Waals surface area contributed by atoms with Crippen LogP contribution in [0.15, 0.2) is 27.6 Å². The molecular weight excluding hydrogens is 230 g/mol. The Hall–Kier alpha value is -2.04. The van der Waals surface area contributed by atoms with E-state index in [4.69, 9.17) is 4.52 Å². The first-order chi connectivity index (χ1) is 8.61. The van der Waals surface area contributed by atoms with Crippen LogP contribution in [0.5, 0.6) is 0 Å². The van der Waals surface area contributed by atoms with Gasteiger partial charge in [0, 0.05) is 30.9 Å². The van der Waals surface area contributed by atoms with Crippen LogP contribution in [0, 0.1) is 13.8 Å². The summed E-state index contributed by atoms with van der Waals surface area (Å²) < 4.78 is 6.76. The van der Waals surface area contributed by atoms with E-state index >= 15 is 0 Å². The van der Waals surface area contributed by atoms with Crippen LogP contribution in [0.3, 0.4) is 0 Å². The van der Waals surface area contributed by atoms with Gasteiger partial charge in [0.05, 0.1) is 11.4 Å². The van der Waals surface area contributed by atoms with E-state index in [1.54, 1.807) is 16.7 Å². The summed E-state index contributed by atoms with van der Waals surface area (Å²) in [5, 5.41) is 7.18. The second kappa shape index (κ2) is 5.08. The number of hydrogen-bond donors (Lipinski definition) is 1. The summed E-state index contributed by atoms with van der Waals surface area (Å²) in [6.07, 6.45) is 1.82. The van der Waals surface area contributed by atoms with Crippen molar-refractivity contribution in [3.05, 3.63) is 45.7 Å². The third-order valence-corrected chi connectivity index (χ3v) is 2.97. The highest BCUT2D eigenvalue weighted by Crippen LogP contribution is 2.14. The first kappa shape index (κ1) is 12.4. The molecule has 0 saturated heterocycles. The van der Waals surface area contributed by atoms with E-state index < -0.39 is 0 Å². The molecule has 5 nitrogen and oxygen atoms in total. The lowest BCUT2D eigenvalue weighted by atomic mass is 10.2. The molecule has 2 aromatic rings. The van der Waals surface area contributed by atoms with Crippen molar-refractivity contribution in [3.8, 4) is 0 Å². The minimum absolute atomic E-state index is 0.0142. The van der Waals surface area contributed by atoms with Crippen molar-refractivity contribution in [2.75, 3.05) is 5.32 Å². The molecule has 0 radical (unpaired) electrons. The van der Waals surface area contributed by atoms with Crippen LogP contribution in [0.1, 0.15) is 23.9 Å². The maximum absolute atomic E-state index is 11.5. The number of hydrogen-bond acceptors (Lipinski definition) is 4. The third kappa shape index (κ3) is 2.45. The molecule has 2 aromatic heterocycles. The number of aromatic nitrogens is 2. The first-order valence-corrected chi connectivity index (χ1v) is 5.98. The minimum Gasteiger partial charge on any atom is -0.380 e. The average molecular weight is 247 g/mol. The first-order valence-electron chi connectivity index (χ1n) is 5.98. The summed E-state index contributed by atoms with van der Waals surface area (Å²) in [6, 6.07) is 3.35. The van der Waals surface area contributed by atoms with Crippen LogP contribution in [0.2, 0.25) is 0 Å². The van der Waals surface area contributed by atoms with Crippen LogP contribution in [0.4, 0.5) is 5.69 Å². The summed E-state index contributed by atoms with van der Waals surface area (Å²) in [4.78, 5) is 11.5. The van der Waals surface area contributed by atoms with Gasteiger partial charge in [0.15, 0.2) is 0 Å². The quantitative estimate of drug-likeness (QED) is 0.898. The summed E-state index contributed by atoms with van der Waals surface area (Å²) >= 11 is 0. The summed E-state index contributed by atoms with van der Waals surface area (Å²) in [7, 11) is 0. The molecule has 0 aromatic carbocycles. The summed E-state index contributed by atoms with van der Waals surface area (Å²) in [5.41, 5.74) is 2.88. The molecule has 1 N–H and O–H groups in total. The molecule has 5 heteroatoms. The van der Waals surface area contributed by atoms with E-state index in [1.165, 1.54) is 0 Å². The molecule has 0 unspecified atom stereocenters. The topological polar surface area (TPSA) is 60.1 Å².